The monoisotopic (exact) mass is 195 g/mol. The fourth-order valence-electron chi connectivity index (χ4n) is 1.19. The summed E-state index contributed by atoms with van der Waals surface area (Å²) in [6, 6.07) is 0.156. The molecule has 0 spiro atoms. The zero-order chi connectivity index (χ0) is 10.6. The SMILES string of the molecule is CC(C)n1ccn(CCN=[N+]=[N-])c1=O. The first-order valence-corrected chi connectivity index (χ1v) is 4.45. The van der Waals surface area contributed by atoms with Crippen molar-refractivity contribution >= 4 is 0 Å². The van der Waals surface area contributed by atoms with Crippen molar-refractivity contribution in [3.63, 3.8) is 0 Å². The van der Waals surface area contributed by atoms with E-state index in [1.54, 1.807) is 17.0 Å². The van der Waals surface area contributed by atoms with E-state index in [0.717, 1.165) is 0 Å². The molecule has 0 aliphatic rings. The van der Waals surface area contributed by atoms with E-state index in [0.29, 0.717) is 13.1 Å². The van der Waals surface area contributed by atoms with Crippen LogP contribution in [0.4, 0.5) is 0 Å². The molecule has 1 aromatic rings. The van der Waals surface area contributed by atoms with Gasteiger partial charge in [0.05, 0.1) is 0 Å². The van der Waals surface area contributed by atoms with E-state index >= 15 is 0 Å². The standard InChI is InChI=1S/C8H13N5O/c1-7(2)13-6-5-12(8(13)14)4-3-10-11-9/h5-7H,3-4H2,1-2H3. The Morgan fingerprint density at radius 3 is 2.79 bits per heavy atom. The molecule has 0 aliphatic heterocycles. The third kappa shape index (κ3) is 2.17. The minimum absolute atomic E-state index is 0.0619. The topological polar surface area (TPSA) is 75.7 Å². The highest BCUT2D eigenvalue weighted by molar-refractivity contribution is 4.83. The number of hydrogen-bond acceptors (Lipinski definition) is 2. The number of aromatic nitrogens is 2. The third-order valence-corrected chi connectivity index (χ3v) is 1.93. The molecule has 0 fully saturated rings. The van der Waals surface area contributed by atoms with Crippen LogP contribution in [0.1, 0.15) is 19.9 Å². The van der Waals surface area contributed by atoms with E-state index in [4.69, 9.17) is 5.53 Å². The molecular formula is C8H13N5O. The van der Waals surface area contributed by atoms with Gasteiger partial charge in [-0.3, -0.25) is 9.13 Å². The van der Waals surface area contributed by atoms with Crippen molar-refractivity contribution in [1.29, 1.82) is 0 Å². The summed E-state index contributed by atoms with van der Waals surface area (Å²) in [5, 5.41) is 3.37. The van der Waals surface area contributed by atoms with E-state index in [1.165, 1.54) is 4.57 Å². The van der Waals surface area contributed by atoms with Crippen LogP contribution in [0.5, 0.6) is 0 Å². The Labute approximate surface area is 81.4 Å². The molecule has 1 heterocycles. The van der Waals surface area contributed by atoms with Crippen LogP contribution in [0, 0.1) is 0 Å². The van der Waals surface area contributed by atoms with E-state index in [9.17, 15) is 4.79 Å². The summed E-state index contributed by atoms with van der Waals surface area (Å²) in [6.45, 7) is 4.62. The van der Waals surface area contributed by atoms with Gasteiger partial charge >= 0.3 is 5.69 Å². The Hall–Kier alpha value is -1.68. The fourth-order valence-corrected chi connectivity index (χ4v) is 1.19. The summed E-state index contributed by atoms with van der Waals surface area (Å²) >= 11 is 0. The number of imidazole rings is 1. The van der Waals surface area contributed by atoms with Gasteiger partial charge in [-0.05, 0) is 19.4 Å². The molecule has 14 heavy (non-hydrogen) atoms. The molecule has 0 N–H and O–H groups in total. The number of hydrogen-bond donors (Lipinski definition) is 0. The van der Waals surface area contributed by atoms with Crippen LogP contribution < -0.4 is 5.69 Å². The second kappa shape index (κ2) is 4.53. The Kier molecular flexibility index (Phi) is 3.36. The molecule has 0 amide bonds. The lowest BCUT2D eigenvalue weighted by Crippen LogP contribution is -2.25. The fraction of sp³-hybridized carbons (Fsp3) is 0.625. The van der Waals surface area contributed by atoms with Crippen LogP contribution in [0.2, 0.25) is 0 Å². The smallest absolute Gasteiger partial charge is 0.299 e. The molecule has 76 valence electrons. The Morgan fingerprint density at radius 1 is 1.57 bits per heavy atom. The predicted octanol–water partition coefficient (Wildman–Crippen LogP) is 1.54. The molecule has 0 atom stereocenters. The maximum Gasteiger partial charge on any atom is 0.328 e. The van der Waals surface area contributed by atoms with Crippen LogP contribution in [-0.4, -0.2) is 15.7 Å². The van der Waals surface area contributed by atoms with Gasteiger partial charge in [-0.2, -0.15) is 0 Å². The normalized spacial score (nSPS) is 10.2. The maximum absolute atomic E-state index is 11.6. The molecule has 0 unspecified atom stereocenters. The average Bonchev–Trinajstić information content (AvgIpc) is 2.48. The van der Waals surface area contributed by atoms with Crippen LogP contribution >= 0.6 is 0 Å². The van der Waals surface area contributed by atoms with Gasteiger partial charge in [-0.1, -0.05) is 5.11 Å². The summed E-state index contributed by atoms with van der Waals surface area (Å²) in [5.74, 6) is 0. The molecule has 1 aromatic heterocycles. The Bertz CT molecular complexity index is 396. The summed E-state index contributed by atoms with van der Waals surface area (Å²) in [7, 11) is 0. The first-order chi connectivity index (χ1) is 6.66. The first-order valence-electron chi connectivity index (χ1n) is 4.45. The predicted molar refractivity (Wildman–Crippen MR) is 53.1 cm³/mol. The lowest BCUT2D eigenvalue weighted by molar-refractivity contribution is 0.552. The summed E-state index contributed by atoms with van der Waals surface area (Å²) in [4.78, 5) is 14.2. The van der Waals surface area contributed by atoms with Crippen molar-refractivity contribution in [3.8, 4) is 0 Å². The van der Waals surface area contributed by atoms with Crippen LogP contribution in [-0.2, 0) is 6.54 Å². The molecule has 0 bridgehead atoms. The molecule has 0 saturated carbocycles. The van der Waals surface area contributed by atoms with Gasteiger partial charge in [0.15, 0.2) is 0 Å². The minimum atomic E-state index is -0.0619. The van der Waals surface area contributed by atoms with Crippen LogP contribution in [0.25, 0.3) is 10.4 Å². The molecule has 0 radical (unpaired) electrons. The van der Waals surface area contributed by atoms with Crippen molar-refractivity contribution in [2.45, 2.75) is 26.4 Å². The quantitative estimate of drug-likeness (QED) is 0.408. The van der Waals surface area contributed by atoms with Crippen molar-refractivity contribution in [1.82, 2.24) is 9.13 Å². The second-order valence-corrected chi connectivity index (χ2v) is 3.23. The highest BCUT2D eigenvalue weighted by atomic mass is 16.1. The second-order valence-electron chi connectivity index (χ2n) is 3.23. The van der Waals surface area contributed by atoms with Crippen molar-refractivity contribution < 1.29 is 0 Å². The maximum atomic E-state index is 11.6. The zero-order valence-corrected chi connectivity index (χ0v) is 8.29. The summed E-state index contributed by atoms with van der Waals surface area (Å²) < 4.78 is 3.17. The summed E-state index contributed by atoms with van der Waals surface area (Å²) in [6.07, 6.45) is 3.44. The molecule has 0 aromatic carbocycles. The Balaban J connectivity index is 2.80. The molecular weight excluding hydrogens is 182 g/mol. The third-order valence-electron chi connectivity index (χ3n) is 1.93. The van der Waals surface area contributed by atoms with Crippen molar-refractivity contribution in [3.05, 3.63) is 33.3 Å². The van der Waals surface area contributed by atoms with Gasteiger partial charge < -0.3 is 0 Å². The van der Waals surface area contributed by atoms with Gasteiger partial charge in [0, 0.05) is 36.4 Å². The number of rotatable bonds is 4. The highest BCUT2D eigenvalue weighted by Crippen LogP contribution is 1.98. The molecule has 0 aliphatic carbocycles. The van der Waals surface area contributed by atoms with Crippen LogP contribution in [0.15, 0.2) is 22.3 Å². The lowest BCUT2D eigenvalue weighted by Gasteiger charge is -2.03. The molecule has 1 rings (SSSR count). The largest absolute Gasteiger partial charge is 0.328 e. The van der Waals surface area contributed by atoms with Gasteiger partial charge in [-0.25, -0.2) is 4.79 Å². The van der Waals surface area contributed by atoms with Crippen molar-refractivity contribution in [2.24, 2.45) is 5.11 Å². The minimum Gasteiger partial charge on any atom is -0.299 e. The highest BCUT2D eigenvalue weighted by Gasteiger charge is 2.04. The van der Waals surface area contributed by atoms with Gasteiger partial charge in [-0.15, -0.1) is 0 Å². The van der Waals surface area contributed by atoms with Crippen LogP contribution in [0.3, 0.4) is 0 Å². The number of nitrogens with zero attached hydrogens (tertiary/aromatic N) is 5. The average molecular weight is 195 g/mol. The van der Waals surface area contributed by atoms with Gasteiger partial charge in [0.1, 0.15) is 0 Å². The molecule has 0 saturated heterocycles. The van der Waals surface area contributed by atoms with E-state index in [-0.39, 0.29) is 11.7 Å². The van der Waals surface area contributed by atoms with Gasteiger partial charge in [0.25, 0.3) is 0 Å². The molecule has 6 nitrogen and oxygen atoms in total. The zero-order valence-electron chi connectivity index (χ0n) is 8.29. The van der Waals surface area contributed by atoms with Crippen molar-refractivity contribution in [2.75, 3.05) is 6.54 Å². The molecule has 6 heteroatoms. The van der Waals surface area contributed by atoms with E-state index in [2.05, 4.69) is 10.0 Å². The lowest BCUT2D eigenvalue weighted by atomic mass is 10.4. The number of azide groups is 1. The first kappa shape index (κ1) is 10.4. The summed E-state index contributed by atoms with van der Waals surface area (Å²) in [5.41, 5.74) is 8.01. The van der Waals surface area contributed by atoms with E-state index < -0.39 is 0 Å². The van der Waals surface area contributed by atoms with Gasteiger partial charge in [0.2, 0.25) is 0 Å². The van der Waals surface area contributed by atoms with E-state index in [1.807, 2.05) is 13.8 Å². The Morgan fingerprint density at radius 2 is 2.29 bits per heavy atom.